The molecule has 0 amide bonds. The van der Waals surface area contributed by atoms with Crippen LogP contribution in [0.25, 0.3) is 11.4 Å². The number of halogens is 1. The van der Waals surface area contributed by atoms with Crippen molar-refractivity contribution in [2.75, 3.05) is 59.2 Å². The molecule has 5 rings (SSSR count). The first kappa shape index (κ1) is 24.1. The highest BCUT2D eigenvalue weighted by Crippen LogP contribution is 2.30. The van der Waals surface area contributed by atoms with Crippen molar-refractivity contribution in [3.8, 4) is 11.4 Å². The number of rotatable bonds is 7. The van der Waals surface area contributed by atoms with Gasteiger partial charge in [0, 0.05) is 49.2 Å². The third-order valence-electron chi connectivity index (χ3n) is 6.52. The van der Waals surface area contributed by atoms with E-state index in [2.05, 4.69) is 14.9 Å². The Morgan fingerprint density at radius 2 is 1.49 bits per heavy atom. The lowest BCUT2D eigenvalue weighted by atomic mass is 9.94. The zero-order valence-corrected chi connectivity index (χ0v) is 20.4. The number of morpholine rings is 2. The van der Waals surface area contributed by atoms with E-state index in [1.807, 2.05) is 54.6 Å². The molecule has 0 spiro atoms. The van der Waals surface area contributed by atoms with Gasteiger partial charge in [-0.1, -0.05) is 60.1 Å². The van der Waals surface area contributed by atoms with E-state index in [0.29, 0.717) is 56.2 Å². The van der Waals surface area contributed by atoms with E-state index in [1.54, 1.807) is 4.68 Å². The summed E-state index contributed by atoms with van der Waals surface area (Å²) in [5.41, 5.74) is 2.04. The van der Waals surface area contributed by atoms with Gasteiger partial charge in [-0.2, -0.15) is 0 Å². The zero-order chi connectivity index (χ0) is 24.0. The van der Waals surface area contributed by atoms with Crippen molar-refractivity contribution < 1.29 is 9.47 Å². The molecule has 2 fully saturated rings. The molecule has 35 heavy (non-hydrogen) atoms. The van der Waals surface area contributed by atoms with Gasteiger partial charge in [-0.25, -0.2) is 9.67 Å². The van der Waals surface area contributed by atoms with Gasteiger partial charge in [-0.3, -0.25) is 14.6 Å². The van der Waals surface area contributed by atoms with Crippen molar-refractivity contribution in [1.29, 1.82) is 0 Å². The van der Waals surface area contributed by atoms with Crippen LogP contribution in [0.5, 0.6) is 0 Å². The van der Waals surface area contributed by atoms with E-state index in [4.69, 9.17) is 26.1 Å². The molecule has 3 aromatic rings. The summed E-state index contributed by atoms with van der Waals surface area (Å²) in [5.74, 6) is 0.239. The molecule has 9 heteroatoms. The third kappa shape index (κ3) is 5.79. The summed E-state index contributed by atoms with van der Waals surface area (Å²) in [7, 11) is 0. The molecule has 2 aliphatic heterocycles. The fourth-order valence-electron chi connectivity index (χ4n) is 4.57. The summed E-state index contributed by atoms with van der Waals surface area (Å²) in [4.78, 5) is 23.3. The fraction of sp³-hybridized carbons (Fsp3) is 0.423. The maximum atomic E-state index is 13.9. The summed E-state index contributed by atoms with van der Waals surface area (Å²) >= 11 is 6.67. The van der Waals surface area contributed by atoms with Crippen LogP contribution < -0.4 is 5.56 Å². The third-order valence-corrected chi connectivity index (χ3v) is 6.86. The highest BCUT2D eigenvalue weighted by atomic mass is 35.5. The molecule has 1 aromatic heterocycles. The van der Waals surface area contributed by atoms with Crippen molar-refractivity contribution in [3.05, 3.63) is 81.2 Å². The van der Waals surface area contributed by atoms with E-state index in [0.717, 1.165) is 37.3 Å². The van der Waals surface area contributed by atoms with Gasteiger partial charge in [0.25, 0.3) is 5.56 Å². The zero-order valence-electron chi connectivity index (χ0n) is 19.7. The summed E-state index contributed by atoms with van der Waals surface area (Å²) in [6, 6.07) is 17.5. The number of hydrogen-bond donors (Lipinski definition) is 0. The molecular formula is C26H30ClN5O3. The molecular weight excluding hydrogens is 466 g/mol. The lowest BCUT2D eigenvalue weighted by Gasteiger charge is -2.31. The number of benzene rings is 2. The van der Waals surface area contributed by atoms with Gasteiger partial charge in [-0.15, -0.1) is 5.10 Å². The standard InChI is InChI=1S/C26H30ClN5O3/c27-23-9-5-4-8-21(23)22(18-30-10-14-34-15-11-30)24-26(33)32(19-31-12-16-35-17-13-31)29-25(28-24)20-6-2-1-3-7-20/h1-9,22H,10-19H2/t22-/m1/s1. The Hall–Kier alpha value is -2.62. The second-order valence-corrected chi connectivity index (χ2v) is 9.26. The minimum atomic E-state index is -0.296. The maximum Gasteiger partial charge on any atom is 0.290 e. The van der Waals surface area contributed by atoms with Gasteiger partial charge in [-0.05, 0) is 11.6 Å². The number of ether oxygens (including phenoxy) is 2. The molecule has 0 bridgehead atoms. The molecule has 0 unspecified atom stereocenters. The highest BCUT2D eigenvalue weighted by Gasteiger charge is 2.28. The Kier molecular flexibility index (Phi) is 7.85. The van der Waals surface area contributed by atoms with Crippen molar-refractivity contribution in [1.82, 2.24) is 24.6 Å². The van der Waals surface area contributed by atoms with Gasteiger partial charge < -0.3 is 9.47 Å². The van der Waals surface area contributed by atoms with Crippen LogP contribution in [-0.4, -0.2) is 83.7 Å². The van der Waals surface area contributed by atoms with Crippen molar-refractivity contribution in [3.63, 3.8) is 0 Å². The van der Waals surface area contributed by atoms with Crippen LogP contribution in [0.15, 0.2) is 59.4 Å². The Bertz CT molecular complexity index is 1180. The molecule has 0 aliphatic carbocycles. The predicted molar refractivity (Wildman–Crippen MR) is 135 cm³/mol. The Labute approximate surface area is 210 Å². The molecule has 2 saturated heterocycles. The van der Waals surface area contributed by atoms with E-state index in [1.165, 1.54) is 0 Å². The van der Waals surface area contributed by atoms with Gasteiger partial charge in [0.15, 0.2) is 5.82 Å². The molecule has 1 atom stereocenters. The normalized spacial score (nSPS) is 18.4. The molecule has 2 aromatic carbocycles. The second kappa shape index (κ2) is 11.4. The first-order chi connectivity index (χ1) is 17.2. The average Bonchev–Trinajstić information content (AvgIpc) is 2.91. The predicted octanol–water partition coefficient (Wildman–Crippen LogP) is 2.71. The number of aromatic nitrogens is 3. The average molecular weight is 496 g/mol. The summed E-state index contributed by atoms with van der Waals surface area (Å²) < 4.78 is 12.6. The van der Waals surface area contributed by atoms with E-state index >= 15 is 0 Å². The highest BCUT2D eigenvalue weighted by molar-refractivity contribution is 6.31. The smallest absolute Gasteiger partial charge is 0.290 e. The molecule has 2 aliphatic rings. The molecule has 184 valence electrons. The fourth-order valence-corrected chi connectivity index (χ4v) is 4.84. The van der Waals surface area contributed by atoms with Gasteiger partial charge in [0.2, 0.25) is 0 Å². The largest absolute Gasteiger partial charge is 0.379 e. The SMILES string of the molecule is O=c1c([C@H](CN2CCOCC2)c2ccccc2Cl)nc(-c2ccccc2)nn1CN1CCOCC1. The maximum absolute atomic E-state index is 13.9. The van der Waals surface area contributed by atoms with Gasteiger partial charge in [0.1, 0.15) is 5.69 Å². The van der Waals surface area contributed by atoms with E-state index in [-0.39, 0.29) is 11.5 Å². The van der Waals surface area contributed by atoms with Crippen LogP contribution in [0.4, 0.5) is 0 Å². The molecule has 0 saturated carbocycles. The van der Waals surface area contributed by atoms with Crippen molar-refractivity contribution in [2.24, 2.45) is 0 Å². The van der Waals surface area contributed by atoms with Crippen LogP contribution in [0.2, 0.25) is 5.02 Å². The Balaban J connectivity index is 1.61. The molecule has 3 heterocycles. The van der Waals surface area contributed by atoms with Crippen molar-refractivity contribution >= 4 is 11.6 Å². The summed E-state index contributed by atoms with van der Waals surface area (Å²) in [6.45, 7) is 6.80. The molecule has 8 nitrogen and oxygen atoms in total. The Morgan fingerprint density at radius 1 is 0.857 bits per heavy atom. The lowest BCUT2D eigenvalue weighted by Crippen LogP contribution is -2.43. The summed E-state index contributed by atoms with van der Waals surface area (Å²) in [5, 5.41) is 5.32. The van der Waals surface area contributed by atoms with Crippen LogP contribution in [0, 0.1) is 0 Å². The van der Waals surface area contributed by atoms with Crippen LogP contribution in [-0.2, 0) is 16.1 Å². The first-order valence-corrected chi connectivity index (χ1v) is 12.5. The second-order valence-electron chi connectivity index (χ2n) is 8.85. The number of hydrogen-bond acceptors (Lipinski definition) is 7. The molecule has 0 radical (unpaired) electrons. The minimum Gasteiger partial charge on any atom is -0.379 e. The van der Waals surface area contributed by atoms with E-state index < -0.39 is 0 Å². The monoisotopic (exact) mass is 495 g/mol. The topological polar surface area (TPSA) is 72.7 Å². The van der Waals surface area contributed by atoms with Gasteiger partial charge >= 0.3 is 0 Å². The lowest BCUT2D eigenvalue weighted by molar-refractivity contribution is 0.0202. The van der Waals surface area contributed by atoms with Crippen LogP contribution in [0.1, 0.15) is 17.2 Å². The molecule has 0 N–H and O–H groups in total. The first-order valence-electron chi connectivity index (χ1n) is 12.1. The minimum absolute atomic E-state index is 0.186. The van der Waals surface area contributed by atoms with E-state index in [9.17, 15) is 4.79 Å². The Morgan fingerprint density at radius 3 is 2.17 bits per heavy atom. The number of nitrogens with zero attached hydrogens (tertiary/aromatic N) is 5. The van der Waals surface area contributed by atoms with Crippen LogP contribution >= 0.6 is 11.6 Å². The van der Waals surface area contributed by atoms with Gasteiger partial charge in [0.05, 0.1) is 33.1 Å². The van der Waals surface area contributed by atoms with Crippen molar-refractivity contribution in [2.45, 2.75) is 12.6 Å². The quantitative estimate of drug-likeness (QED) is 0.499. The summed E-state index contributed by atoms with van der Waals surface area (Å²) in [6.07, 6.45) is 0. The van der Waals surface area contributed by atoms with Crippen LogP contribution in [0.3, 0.4) is 0 Å².